The molecule has 0 aliphatic carbocycles. The van der Waals surface area contributed by atoms with Gasteiger partial charge >= 0.3 is 0 Å². The maximum Gasteiger partial charge on any atom is 0.264 e. The SMILES string of the molecule is CCCNC(=O)[C@H](Cc1ccccc1)N(Cc1cccc(Br)c1)C(=O)CN(c1ccc(F)cc1)S(=O)(=O)c1ccc(C)cc1. The minimum Gasteiger partial charge on any atom is -0.354 e. The van der Waals surface area contributed by atoms with Gasteiger partial charge < -0.3 is 10.2 Å². The maximum atomic E-state index is 14.4. The first-order valence-electron chi connectivity index (χ1n) is 14.3. The number of halogens is 2. The van der Waals surface area contributed by atoms with E-state index in [4.69, 9.17) is 0 Å². The van der Waals surface area contributed by atoms with Gasteiger partial charge in [0.25, 0.3) is 10.0 Å². The van der Waals surface area contributed by atoms with E-state index in [-0.39, 0.29) is 29.5 Å². The molecule has 2 amide bonds. The van der Waals surface area contributed by atoms with E-state index in [9.17, 15) is 22.4 Å². The topological polar surface area (TPSA) is 86.8 Å². The number of rotatable bonds is 13. The number of hydrogen-bond donors (Lipinski definition) is 1. The van der Waals surface area contributed by atoms with Gasteiger partial charge in [-0.1, -0.05) is 83.0 Å². The van der Waals surface area contributed by atoms with Gasteiger partial charge in [-0.25, -0.2) is 12.8 Å². The van der Waals surface area contributed by atoms with Gasteiger partial charge in [0.05, 0.1) is 10.6 Å². The van der Waals surface area contributed by atoms with Crippen LogP contribution in [0.25, 0.3) is 0 Å². The van der Waals surface area contributed by atoms with Crippen LogP contribution in [0.15, 0.2) is 112 Å². The van der Waals surface area contributed by atoms with Gasteiger partial charge in [-0.15, -0.1) is 0 Å². The Labute approximate surface area is 266 Å². The largest absolute Gasteiger partial charge is 0.354 e. The summed E-state index contributed by atoms with van der Waals surface area (Å²) in [7, 11) is -4.26. The Hall–Kier alpha value is -4.02. The summed E-state index contributed by atoms with van der Waals surface area (Å²) in [6.07, 6.45) is 0.925. The molecule has 0 spiro atoms. The lowest BCUT2D eigenvalue weighted by Crippen LogP contribution is -2.53. The predicted molar refractivity (Wildman–Crippen MR) is 174 cm³/mol. The molecule has 10 heteroatoms. The highest BCUT2D eigenvalue weighted by Gasteiger charge is 2.34. The van der Waals surface area contributed by atoms with Crippen molar-refractivity contribution in [2.24, 2.45) is 0 Å². The van der Waals surface area contributed by atoms with Crippen molar-refractivity contribution < 1.29 is 22.4 Å². The van der Waals surface area contributed by atoms with Gasteiger partial charge in [0, 0.05) is 24.0 Å². The summed E-state index contributed by atoms with van der Waals surface area (Å²) in [5, 5.41) is 2.92. The molecule has 0 aliphatic rings. The highest BCUT2D eigenvalue weighted by molar-refractivity contribution is 9.10. The van der Waals surface area contributed by atoms with E-state index in [0.29, 0.717) is 13.0 Å². The van der Waals surface area contributed by atoms with Crippen LogP contribution < -0.4 is 9.62 Å². The normalized spacial score (nSPS) is 11.9. The van der Waals surface area contributed by atoms with Crippen LogP contribution in [0, 0.1) is 12.7 Å². The molecule has 0 saturated heterocycles. The molecule has 0 fully saturated rings. The summed E-state index contributed by atoms with van der Waals surface area (Å²) < 4.78 is 43.7. The van der Waals surface area contributed by atoms with Crippen LogP contribution in [0.1, 0.15) is 30.0 Å². The summed E-state index contributed by atoms with van der Waals surface area (Å²) in [5.41, 5.74) is 2.59. The molecule has 44 heavy (non-hydrogen) atoms. The maximum absolute atomic E-state index is 14.4. The number of carbonyl (C=O) groups excluding carboxylic acids is 2. The van der Waals surface area contributed by atoms with Gasteiger partial charge in [0.15, 0.2) is 0 Å². The second-order valence-electron chi connectivity index (χ2n) is 10.4. The molecule has 0 radical (unpaired) electrons. The van der Waals surface area contributed by atoms with Crippen LogP contribution in [0.5, 0.6) is 0 Å². The molecule has 4 aromatic carbocycles. The molecule has 1 N–H and O–H groups in total. The van der Waals surface area contributed by atoms with E-state index in [1.54, 1.807) is 12.1 Å². The van der Waals surface area contributed by atoms with Crippen molar-refractivity contribution in [3.63, 3.8) is 0 Å². The minimum atomic E-state index is -4.26. The lowest BCUT2D eigenvalue weighted by atomic mass is 10.0. The van der Waals surface area contributed by atoms with Crippen molar-refractivity contribution in [2.75, 3.05) is 17.4 Å². The van der Waals surface area contributed by atoms with Crippen LogP contribution in [0.2, 0.25) is 0 Å². The molecule has 1 atom stereocenters. The highest BCUT2D eigenvalue weighted by atomic mass is 79.9. The highest BCUT2D eigenvalue weighted by Crippen LogP contribution is 2.26. The number of nitrogens with zero attached hydrogens (tertiary/aromatic N) is 2. The number of carbonyl (C=O) groups is 2. The smallest absolute Gasteiger partial charge is 0.264 e. The van der Waals surface area contributed by atoms with Gasteiger partial charge in [0.2, 0.25) is 11.8 Å². The molecule has 0 bridgehead atoms. The third-order valence-corrected chi connectivity index (χ3v) is 9.35. The summed E-state index contributed by atoms with van der Waals surface area (Å²) in [6, 6.07) is 27.0. The molecule has 0 unspecified atom stereocenters. The summed E-state index contributed by atoms with van der Waals surface area (Å²) >= 11 is 3.48. The Bertz CT molecular complexity index is 1670. The summed E-state index contributed by atoms with van der Waals surface area (Å²) in [5.74, 6) is -1.47. The van der Waals surface area contributed by atoms with E-state index in [1.807, 2.05) is 68.4 Å². The molecule has 0 aliphatic heterocycles. The van der Waals surface area contributed by atoms with E-state index in [0.717, 1.165) is 37.6 Å². The third-order valence-electron chi connectivity index (χ3n) is 7.06. The second kappa shape index (κ2) is 15.1. The van der Waals surface area contributed by atoms with Crippen LogP contribution in [0.3, 0.4) is 0 Å². The quantitative estimate of drug-likeness (QED) is 0.181. The number of hydrogen-bond acceptors (Lipinski definition) is 4. The van der Waals surface area contributed by atoms with Crippen molar-refractivity contribution >= 4 is 43.5 Å². The fourth-order valence-electron chi connectivity index (χ4n) is 4.73. The van der Waals surface area contributed by atoms with Crippen LogP contribution in [-0.4, -0.2) is 44.3 Å². The Morgan fingerprint density at radius 1 is 0.886 bits per heavy atom. The van der Waals surface area contributed by atoms with Crippen molar-refractivity contribution in [3.05, 3.63) is 130 Å². The first kappa shape index (κ1) is 32.9. The monoisotopic (exact) mass is 679 g/mol. The van der Waals surface area contributed by atoms with Crippen LogP contribution in [-0.2, 0) is 32.6 Å². The van der Waals surface area contributed by atoms with Crippen molar-refractivity contribution in [3.8, 4) is 0 Å². The van der Waals surface area contributed by atoms with Crippen molar-refractivity contribution in [2.45, 2.75) is 44.2 Å². The van der Waals surface area contributed by atoms with Gasteiger partial charge in [-0.2, -0.15) is 0 Å². The molecule has 0 heterocycles. The van der Waals surface area contributed by atoms with Gasteiger partial charge in [-0.3, -0.25) is 13.9 Å². The molecule has 4 aromatic rings. The standard InChI is InChI=1S/C34H35BrFN3O4S/c1-3-20-37-34(41)32(22-26-8-5-4-6-9-26)38(23-27-10-7-11-28(35)21-27)33(40)24-39(30-16-14-29(36)15-17-30)44(42,43)31-18-12-25(2)13-19-31/h4-19,21,32H,3,20,22-24H2,1-2H3,(H,37,41)/t32-/m0/s1. The Morgan fingerprint density at radius 2 is 1.55 bits per heavy atom. The zero-order valence-corrected chi connectivity index (χ0v) is 27.0. The number of nitrogens with one attached hydrogen (secondary N) is 1. The van der Waals surface area contributed by atoms with E-state index < -0.39 is 34.3 Å². The molecular formula is C34H35BrFN3O4S. The molecule has 7 nitrogen and oxygen atoms in total. The van der Waals surface area contributed by atoms with Crippen molar-refractivity contribution in [1.82, 2.24) is 10.2 Å². The summed E-state index contributed by atoms with van der Waals surface area (Å²) in [6.45, 7) is 3.65. The van der Waals surface area contributed by atoms with Crippen LogP contribution >= 0.6 is 15.9 Å². The van der Waals surface area contributed by atoms with Crippen LogP contribution in [0.4, 0.5) is 10.1 Å². The fourth-order valence-corrected chi connectivity index (χ4v) is 6.59. The predicted octanol–water partition coefficient (Wildman–Crippen LogP) is 6.26. The van der Waals surface area contributed by atoms with Gasteiger partial charge in [0.1, 0.15) is 18.4 Å². The lowest BCUT2D eigenvalue weighted by Gasteiger charge is -2.34. The zero-order valence-electron chi connectivity index (χ0n) is 24.6. The number of aryl methyl sites for hydroxylation is 1. The first-order valence-corrected chi connectivity index (χ1v) is 16.5. The average Bonchev–Trinajstić information content (AvgIpc) is 3.01. The Kier molecular flexibility index (Phi) is 11.3. The first-order chi connectivity index (χ1) is 21.1. The number of benzene rings is 4. The summed E-state index contributed by atoms with van der Waals surface area (Å²) in [4.78, 5) is 29.5. The second-order valence-corrected chi connectivity index (χ2v) is 13.2. The van der Waals surface area contributed by atoms with Gasteiger partial charge in [-0.05, 0) is 73.0 Å². The lowest BCUT2D eigenvalue weighted by molar-refractivity contribution is -0.140. The molecule has 230 valence electrons. The van der Waals surface area contributed by atoms with E-state index in [1.165, 1.54) is 29.2 Å². The molecule has 0 aromatic heterocycles. The number of sulfonamides is 1. The average molecular weight is 681 g/mol. The fraction of sp³-hybridized carbons (Fsp3) is 0.235. The molecule has 4 rings (SSSR count). The zero-order chi connectivity index (χ0) is 31.7. The molecule has 0 saturated carbocycles. The number of anilines is 1. The Balaban J connectivity index is 1.79. The number of amides is 2. The Morgan fingerprint density at radius 3 is 2.18 bits per heavy atom. The van der Waals surface area contributed by atoms with E-state index >= 15 is 0 Å². The minimum absolute atomic E-state index is 0.0136. The molecular weight excluding hydrogens is 645 g/mol. The van der Waals surface area contributed by atoms with E-state index in [2.05, 4.69) is 21.2 Å². The van der Waals surface area contributed by atoms with Crippen molar-refractivity contribution in [1.29, 1.82) is 0 Å². The third kappa shape index (κ3) is 8.54.